The lowest BCUT2D eigenvalue weighted by molar-refractivity contribution is 0.295. The Balaban J connectivity index is 1.59. The molecule has 1 atom stereocenters. The second-order valence-corrected chi connectivity index (χ2v) is 7.70. The van der Waals surface area contributed by atoms with E-state index in [1.807, 2.05) is 30.3 Å². The normalized spacial score (nSPS) is 16.3. The molecule has 1 aliphatic heterocycles. The molecule has 0 saturated carbocycles. The summed E-state index contributed by atoms with van der Waals surface area (Å²) in [5.41, 5.74) is 6.68. The molecule has 140 valence electrons. The van der Waals surface area contributed by atoms with E-state index in [1.54, 1.807) is 6.20 Å². The maximum Gasteiger partial charge on any atom is 0.0991 e. The fourth-order valence-electron chi connectivity index (χ4n) is 4.30. The minimum absolute atomic E-state index is 0.301. The molecule has 0 radical (unpaired) electrons. The standard InChI is InChI=1S/C25H20N4/c1-29-15-22-13-20(25-3-2-10-27-28-25)8-9-23(22)24(16-29)19-7-6-18-5-4-17(14-26)11-21(18)12-19/h2-13,24H,15-16H2,1H3. The van der Waals surface area contributed by atoms with Gasteiger partial charge in [0.25, 0.3) is 0 Å². The van der Waals surface area contributed by atoms with Crippen LogP contribution in [0.4, 0.5) is 0 Å². The third-order valence-electron chi connectivity index (χ3n) is 5.72. The Morgan fingerprint density at radius 3 is 2.72 bits per heavy atom. The van der Waals surface area contributed by atoms with Crippen LogP contribution in [0.1, 0.15) is 28.2 Å². The monoisotopic (exact) mass is 376 g/mol. The molecule has 4 nitrogen and oxygen atoms in total. The third-order valence-corrected chi connectivity index (χ3v) is 5.72. The number of benzene rings is 3. The highest BCUT2D eigenvalue weighted by atomic mass is 15.1. The van der Waals surface area contributed by atoms with Crippen LogP contribution in [0.15, 0.2) is 72.9 Å². The summed E-state index contributed by atoms with van der Waals surface area (Å²) in [5, 5.41) is 19.8. The van der Waals surface area contributed by atoms with Crippen molar-refractivity contribution in [1.29, 1.82) is 5.26 Å². The Labute approximate surface area is 170 Å². The van der Waals surface area contributed by atoms with Crippen LogP contribution in [0, 0.1) is 11.3 Å². The maximum absolute atomic E-state index is 9.23. The molecule has 3 aromatic carbocycles. The molecule has 0 bridgehead atoms. The van der Waals surface area contributed by atoms with Gasteiger partial charge in [0.1, 0.15) is 0 Å². The number of nitriles is 1. The summed E-state index contributed by atoms with van der Waals surface area (Å²) in [6.07, 6.45) is 1.70. The molecule has 1 aromatic heterocycles. The number of rotatable bonds is 2. The molecule has 1 aliphatic rings. The van der Waals surface area contributed by atoms with Gasteiger partial charge in [0.2, 0.25) is 0 Å². The Kier molecular flexibility index (Phi) is 4.31. The fraction of sp³-hybridized carbons (Fsp3) is 0.160. The summed E-state index contributed by atoms with van der Waals surface area (Å²) >= 11 is 0. The first kappa shape index (κ1) is 17.5. The van der Waals surface area contributed by atoms with Crippen molar-refractivity contribution in [3.8, 4) is 17.3 Å². The summed E-state index contributed by atoms with van der Waals surface area (Å²) in [4.78, 5) is 2.36. The van der Waals surface area contributed by atoms with Gasteiger partial charge in [0.15, 0.2) is 0 Å². The van der Waals surface area contributed by atoms with Crippen molar-refractivity contribution >= 4 is 10.8 Å². The van der Waals surface area contributed by atoms with Gasteiger partial charge in [-0.2, -0.15) is 15.5 Å². The molecule has 29 heavy (non-hydrogen) atoms. The van der Waals surface area contributed by atoms with Gasteiger partial charge in [-0.05, 0) is 64.8 Å². The molecule has 0 spiro atoms. The van der Waals surface area contributed by atoms with Crippen molar-refractivity contribution in [2.45, 2.75) is 12.5 Å². The van der Waals surface area contributed by atoms with E-state index in [0.29, 0.717) is 11.5 Å². The summed E-state index contributed by atoms with van der Waals surface area (Å²) in [5.74, 6) is 0.301. The van der Waals surface area contributed by atoms with Crippen molar-refractivity contribution in [2.24, 2.45) is 0 Å². The van der Waals surface area contributed by atoms with Gasteiger partial charge in [-0.3, -0.25) is 0 Å². The molecule has 4 heteroatoms. The van der Waals surface area contributed by atoms with Crippen molar-refractivity contribution in [2.75, 3.05) is 13.6 Å². The molecule has 0 amide bonds. The Morgan fingerprint density at radius 2 is 1.90 bits per heavy atom. The highest BCUT2D eigenvalue weighted by Crippen LogP contribution is 2.36. The van der Waals surface area contributed by atoms with Gasteiger partial charge in [-0.15, -0.1) is 0 Å². The highest BCUT2D eigenvalue weighted by molar-refractivity contribution is 5.84. The van der Waals surface area contributed by atoms with Gasteiger partial charge < -0.3 is 4.90 Å². The van der Waals surface area contributed by atoms with Crippen LogP contribution < -0.4 is 0 Å². The van der Waals surface area contributed by atoms with Crippen molar-refractivity contribution < 1.29 is 0 Å². The zero-order valence-corrected chi connectivity index (χ0v) is 16.2. The van der Waals surface area contributed by atoms with Crippen LogP contribution in [-0.2, 0) is 6.54 Å². The molecule has 4 aromatic rings. The van der Waals surface area contributed by atoms with Crippen molar-refractivity contribution in [3.05, 3.63) is 95.2 Å². The SMILES string of the molecule is CN1Cc2cc(-c3cccnn3)ccc2C(c2ccc3ccc(C#N)cc3c2)C1. The largest absolute Gasteiger partial charge is 0.301 e. The molecule has 0 fully saturated rings. The summed E-state index contributed by atoms with van der Waals surface area (Å²) < 4.78 is 0. The van der Waals surface area contributed by atoms with Gasteiger partial charge >= 0.3 is 0 Å². The lowest BCUT2D eigenvalue weighted by Crippen LogP contribution is -2.31. The minimum atomic E-state index is 0.301. The van der Waals surface area contributed by atoms with Crippen molar-refractivity contribution in [3.63, 3.8) is 0 Å². The lowest BCUT2D eigenvalue weighted by Gasteiger charge is -2.33. The van der Waals surface area contributed by atoms with E-state index < -0.39 is 0 Å². The van der Waals surface area contributed by atoms with E-state index in [2.05, 4.69) is 64.6 Å². The van der Waals surface area contributed by atoms with Crippen LogP contribution in [0.2, 0.25) is 0 Å². The fourth-order valence-corrected chi connectivity index (χ4v) is 4.30. The number of hydrogen-bond acceptors (Lipinski definition) is 4. The molecule has 5 rings (SSSR count). The predicted octanol–water partition coefficient (Wildman–Crippen LogP) is 4.75. The lowest BCUT2D eigenvalue weighted by atomic mass is 9.83. The van der Waals surface area contributed by atoms with Gasteiger partial charge in [0, 0.05) is 30.8 Å². The molecular weight excluding hydrogens is 356 g/mol. The van der Waals surface area contributed by atoms with Crippen LogP contribution in [-0.4, -0.2) is 28.7 Å². The van der Waals surface area contributed by atoms with E-state index >= 15 is 0 Å². The Morgan fingerprint density at radius 1 is 1.00 bits per heavy atom. The molecule has 0 aliphatic carbocycles. The number of hydrogen-bond donors (Lipinski definition) is 0. The Bertz CT molecular complexity index is 1240. The molecular formula is C25H20N4. The summed E-state index contributed by atoms with van der Waals surface area (Å²) in [6, 6.07) is 25.3. The first-order chi connectivity index (χ1) is 14.2. The number of nitrogens with zero attached hydrogens (tertiary/aromatic N) is 4. The number of fused-ring (bicyclic) bond motifs is 2. The summed E-state index contributed by atoms with van der Waals surface area (Å²) in [6.45, 7) is 1.90. The van der Waals surface area contributed by atoms with E-state index in [0.717, 1.165) is 35.1 Å². The first-order valence-corrected chi connectivity index (χ1v) is 9.74. The van der Waals surface area contributed by atoms with Crippen LogP contribution in [0.5, 0.6) is 0 Å². The van der Waals surface area contributed by atoms with E-state index in [-0.39, 0.29) is 0 Å². The molecule has 0 saturated heterocycles. The third kappa shape index (κ3) is 3.26. The number of aromatic nitrogens is 2. The first-order valence-electron chi connectivity index (χ1n) is 9.74. The zero-order valence-electron chi connectivity index (χ0n) is 16.2. The van der Waals surface area contributed by atoms with E-state index in [4.69, 9.17) is 0 Å². The molecule has 1 unspecified atom stereocenters. The smallest absolute Gasteiger partial charge is 0.0991 e. The zero-order chi connectivity index (χ0) is 19.8. The average Bonchev–Trinajstić information content (AvgIpc) is 2.78. The highest BCUT2D eigenvalue weighted by Gasteiger charge is 2.25. The molecule has 0 N–H and O–H groups in total. The van der Waals surface area contributed by atoms with Crippen LogP contribution in [0.25, 0.3) is 22.0 Å². The van der Waals surface area contributed by atoms with E-state index in [9.17, 15) is 5.26 Å². The van der Waals surface area contributed by atoms with Crippen molar-refractivity contribution in [1.82, 2.24) is 15.1 Å². The Hall–Kier alpha value is -3.55. The second kappa shape index (κ2) is 7.12. The van der Waals surface area contributed by atoms with Gasteiger partial charge in [-0.25, -0.2) is 0 Å². The molecule has 2 heterocycles. The van der Waals surface area contributed by atoms with E-state index in [1.165, 1.54) is 16.7 Å². The second-order valence-electron chi connectivity index (χ2n) is 7.70. The summed E-state index contributed by atoms with van der Waals surface area (Å²) in [7, 11) is 2.17. The van der Waals surface area contributed by atoms with Gasteiger partial charge in [0.05, 0.1) is 17.3 Å². The predicted molar refractivity (Wildman–Crippen MR) is 114 cm³/mol. The quantitative estimate of drug-likeness (QED) is 0.507. The maximum atomic E-state index is 9.23. The van der Waals surface area contributed by atoms with Crippen LogP contribution >= 0.6 is 0 Å². The van der Waals surface area contributed by atoms with Crippen LogP contribution in [0.3, 0.4) is 0 Å². The topological polar surface area (TPSA) is 52.8 Å². The number of likely N-dealkylation sites (N-methyl/N-ethyl adjacent to an activating group) is 1. The minimum Gasteiger partial charge on any atom is -0.301 e. The average molecular weight is 376 g/mol. The van der Waals surface area contributed by atoms with Gasteiger partial charge in [-0.1, -0.05) is 36.4 Å².